The molecule has 4 N–H and O–H groups in total. The largest absolute Gasteiger partial charge is 0.505 e. The summed E-state index contributed by atoms with van der Waals surface area (Å²) in [6.07, 6.45) is -1.01. The lowest BCUT2D eigenvalue weighted by Gasteiger charge is -2.15. The van der Waals surface area contributed by atoms with Gasteiger partial charge in [0.05, 0.1) is 5.69 Å². The van der Waals surface area contributed by atoms with Gasteiger partial charge in [0, 0.05) is 15.6 Å². The molecule has 0 fully saturated rings. The van der Waals surface area contributed by atoms with E-state index in [0.717, 1.165) is 0 Å². The standard InChI is InChI=1S/C13H11Cl2NO2/c14-8-3-1-7(2-4-8)12(17)10-5-9(15)6-11(16)13(10)18/h1-6,12,17-18H,16H2. The molecule has 18 heavy (non-hydrogen) atoms. The van der Waals surface area contributed by atoms with E-state index in [-0.39, 0.29) is 17.0 Å². The number of hydrogen-bond acceptors (Lipinski definition) is 3. The van der Waals surface area contributed by atoms with Crippen molar-refractivity contribution >= 4 is 28.9 Å². The quantitative estimate of drug-likeness (QED) is 0.585. The van der Waals surface area contributed by atoms with Crippen LogP contribution in [0.1, 0.15) is 17.2 Å². The summed E-state index contributed by atoms with van der Waals surface area (Å²) in [6, 6.07) is 9.56. The highest BCUT2D eigenvalue weighted by atomic mass is 35.5. The maximum absolute atomic E-state index is 10.2. The highest BCUT2D eigenvalue weighted by molar-refractivity contribution is 6.31. The van der Waals surface area contributed by atoms with Crippen LogP contribution in [0.3, 0.4) is 0 Å². The highest BCUT2D eigenvalue weighted by Gasteiger charge is 2.17. The van der Waals surface area contributed by atoms with Crippen LogP contribution >= 0.6 is 23.2 Å². The highest BCUT2D eigenvalue weighted by Crippen LogP contribution is 2.36. The zero-order valence-electron chi connectivity index (χ0n) is 9.27. The van der Waals surface area contributed by atoms with Gasteiger partial charge in [0.15, 0.2) is 0 Å². The Kier molecular flexibility index (Phi) is 3.66. The number of aliphatic hydroxyl groups is 1. The van der Waals surface area contributed by atoms with Crippen LogP contribution in [0, 0.1) is 0 Å². The van der Waals surface area contributed by atoms with Crippen molar-refractivity contribution in [1.29, 1.82) is 0 Å². The van der Waals surface area contributed by atoms with E-state index >= 15 is 0 Å². The van der Waals surface area contributed by atoms with E-state index in [1.165, 1.54) is 12.1 Å². The molecule has 2 aromatic carbocycles. The lowest BCUT2D eigenvalue weighted by atomic mass is 10.00. The average Bonchev–Trinajstić information content (AvgIpc) is 2.34. The van der Waals surface area contributed by atoms with Gasteiger partial charge in [-0.15, -0.1) is 0 Å². The molecule has 0 aliphatic heterocycles. The molecule has 1 atom stereocenters. The third-order valence-electron chi connectivity index (χ3n) is 2.61. The molecule has 0 aromatic heterocycles. The molecule has 0 bridgehead atoms. The molecule has 94 valence electrons. The second kappa shape index (κ2) is 5.06. The smallest absolute Gasteiger partial charge is 0.144 e. The minimum absolute atomic E-state index is 0.130. The maximum atomic E-state index is 10.2. The first-order valence-electron chi connectivity index (χ1n) is 5.20. The SMILES string of the molecule is Nc1cc(Cl)cc(C(O)c2ccc(Cl)cc2)c1O. The van der Waals surface area contributed by atoms with Gasteiger partial charge in [-0.2, -0.15) is 0 Å². The molecule has 0 saturated carbocycles. The number of anilines is 1. The molecule has 0 saturated heterocycles. The summed E-state index contributed by atoms with van der Waals surface area (Å²) in [6.45, 7) is 0. The van der Waals surface area contributed by atoms with Crippen LogP contribution in [0.5, 0.6) is 5.75 Å². The topological polar surface area (TPSA) is 66.5 Å². The first-order chi connectivity index (χ1) is 8.49. The van der Waals surface area contributed by atoms with E-state index in [1.54, 1.807) is 24.3 Å². The van der Waals surface area contributed by atoms with Gasteiger partial charge in [-0.05, 0) is 29.8 Å². The normalized spacial score (nSPS) is 12.4. The Hall–Kier alpha value is -1.42. The molecule has 0 aliphatic rings. The fourth-order valence-corrected chi connectivity index (χ4v) is 2.04. The molecule has 2 aromatic rings. The van der Waals surface area contributed by atoms with Gasteiger partial charge in [-0.25, -0.2) is 0 Å². The Morgan fingerprint density at radius 3 is 2.22 bits per heavy atom. The van der Waals surface area contributed by atoms with Crippen molar-refractivity contribution in [1.82, 2.24) is 0 Å². The van der Waals surface area contributed by atoms with Crippen LogP contribution in [0.25, 0.3) is 0 Å². The van der Waals surface area contributed by atoms with E-state index < -0.39 is 6.10 Å². The maximum Gasteiger partial charge on any atom is 0.144 e. The Bertz CT molecular complexity index is 570. The molecule has 5 heteroatoms. The number of phenolic OH excluding ortho intramolecular Hbond substituents is 1. The van der Waals surface area contributed by atoms with E-state index in [4.69, 9.17) is 28.9 Å². The molecular weight excluding hydrogens is 273 g/mol. The Balaban J connectivity index is 2.45. The zero-order chi connectivity index (χ0) is 13.3. The predicted octanol–water partition coefficient (Wildman–Crippen LogP) is 3.36. The van der Waals surface area contributed by atoms with E-state index in [9.17, 15) is 10.2 Å². The number of aliphatic hydroxyl groups excluding tert-OH is 1. The van der Waals surface area contributed by atoms with Gasteiger partial charge in [0.2, 0.25) is 0 Å². The van der Waals surface area contributed by atoms with Gasteiger partial charge >= 0.3 is 0 Å². The molecule has 1 unspecified atom stereocenters. The Labute approximate surface area is 114 Å². The van der Waals surface area contributed by atoms with Crippen molar-refractivity contribution < 1.29 is 10.2 Å². The number of nitrogens with two attached hydrogens (primary N) is 1. The number of nitrogen functional groups attached to an aromatic ring is 1. The number of hydrogen-bond donors (Lipinski definition) is 3. The predicted molar refractivity (Wildman–Crippen MR) is 73.0 cm³/mol. The van der Waals surface area contributed by atoms with Gasteiger partial charge < -0.3 is 15.9 Å². The summed E-state index contributed by atoms with van der Waals surface area (Å²) < 4.78 is 0. The van der Waals surface area contributed by atoms with Gasteiger partial charge in [-0.3, -0.25) is 0 Å². The van der Waals surface area contributed by atoms with Crippen LogP contribution < -0.4 is 5.73 Å². The zero-order valence-corrected chi connectivity index (χ0v) is 10.8. The van der Waals surface area contributed by atoms with Gasteiger partial charge in [-0.1, -0.05) is 35.3 Å². The molecule has 0 amide bonds. The fourth-order valence-electron chi connectivity index (χ4n) is 1.68. The van der Waals surface area contributed by atoms with Gasteiger partial charge in [0.25, 0.3) is 0 Å². The summed E-state index contributed by atoms with van der Waals surface area (Å²) in [7, 11) is 0. The van der Waals surface area contributed by atoms with Crippen LogP contribution in [0.4, 0.5) is 5.69 Å². The number of halogens is 2. The fraction of sp³-hybridized carbons (Fsp3) is 0.0769. The number of rotatable bonds is 2. The molecule has 3 nitrogen and oxygen atoms in total. The molecule has 0 spiro atoms. The molecule has 0 heterocycles. The first-order valence-corrected chi connectivity index (χ1v) is 5.96. The van der Waals surface area contributed by atoms with E-state index in [1.807, 2.05) is 0 Å². The Morgan fingerprint density at radius 1 is 1.00 bits per heavy atom. The monoisotopic (exact) mass is 283 g/mol. The molecule has 0 radical (unpaired) electrons. The summed E-state index contributed by atoms with van der Waals surface area (Å²) >= 11 is 11.6. The van der Waals surface area contributed by atoms with E-state index in [2.05, 4.69) is 0 Å². The minimum atomic E-state index is -1.01. The van der Waals surface area contributed by atoms with Crippen molar-refractivity contribution in [3.63, 3.8) is 0 Å². The van der Waals surface area contributed by atoms with Crippen LogP contribution in [0.15, 0.2) is 36.4 Å². The summed E-state index contributed by atoms with van der Waals surface area (Å²) in [5.74, 6) is -0.165. The van der Waals surface area contributed by atoms with Crippen molar-refractivity contribution in [3.8, 4) is 5.75 Å². The third kappa shape index (κ3) is 2.53. The van der Waals surface area contributed by atoms with Crippen LogP contribution in [0.2, 0.25) is 10.0 Å². The number of benzene rings is 2. The summed E-state index contributed by atoms with van der Waals surface area (Å²) in [5.41, 5.74) is 6.58. The van der Waals surface area contributed by atoms with Crippen molar-refractivity contribution in [2.45, 2.75) is 6.10 Å². The lowest BCUT2D eigenvalue weighted by molar-refractivity contribution is 0.216. The van der Waals surface area contributed by atoms with Crippen molar-refractivity contribution in [2.75, 3.05) is 5.73 Å². The summed E-state index contributed by atoms with van der Waals surface area (Å²) in [4.78, 5) is 0. The molecule has 0 aliphatic carbocycles. The minimum Gasteiger partial charge on any atom is -0.505 e. The van der Waals surface area contributed by atoms with Crippen molar-refractivity contribution in [3.05, 3.63) is 57.6 Å². The van der Waals surface area contributed by atoms with Crippen LogP contribution in [-0.2, 0) is 0 Å². The Morgan fingerprint density at radius 2 is 1.61 bits per heavy atom. The van der Waals surface area contributed by atoms with E-state index in [0.29, 0.717) is 15.6 Å². The van der Waals surface area contributed by atoms with Crippen LogP contribution in [-0.4, -0.2) is 10.2 Å². The first kappa shape index (κ1) is 13.0. The number of phenols is 1. The summed E-state index contributed by atoms with van der Waals surface area (Å²) in [5, 5.41) is 21.0. The average molecular weight is 284 g/mol. The molecule has 2 rings (SSSR count). The number of aromatic hydroxyl groups is 1. The molecular formula is C13H11Cl2NO2. The second-order valence-corrected chi connectivity index (χ2v) is 4.76. The van der Waals surface area contributed by atoms with Crippen molar-refractivity contribution in [2.24, 2.45) is 0 Å². The van der Waals surface area contributed by atoms with Gasteiger partial charge in [0.1, 0.15) is 11.9 Å². The third-order valence-corrected chi connectivity index (χ3v) is 3.08. The lowest BCUT2D eigenvalue weighted by Crippen LogP contribution is -2.01. The second-order valence-electron chi connectivity index (χ2n) is 3.89.